The summed E-state index contributed by atoms with van der Waals surface area (Å²) < 4.78 is 15.7. The molecular formula is C21H28FN7O2. The summed E-state index contributed by atoms with van der Waals surface area (Å²) in [6.45, 7) is 8.18. The number of hydrogen-bond donors (Lipinski definition) is 4. The van der Waals surface area contributed by atoms with Gasteiger partial charge in [-0.05, 0) is 40.7 Å². The molecule has 10 heteroatoms. The van der Waals surface area contributed by atoms with Crippen LogP contribution in [0.15, 0.2) is 30.6 Å². The molecule has 0 bridgehead atoms. The SMILES string of the molecule is Cc1cc2nc(Nc3cc(NC(C)C)c(C(=O)NCC(F)C(C)(C)O)cn3)ccn2n1. The average molecular weight is 430 g/mol. The number of aromatic nitrogens is 4. The summed E-state index contributed by atoms with van der Waals surface area (Å²) in [5.74, 6) is 0.592. The normalized spacial score (nSPS) is 12.8. The number of hydrogen-bond acceptors (Lipinski definition) is 7. The first-order valence-corrected chi connectivity index (χ1v) is 10.0. The number of alkyl halides is 1. The molecule has 0 saturated heterocycles. The number of amides is 1. The van der Waals surface area contributed by atoms with Crippen molar-refractivity contribution in [1.82, 2.24) is 24.9 Å². The third-order valence-corrected chi connectivity index (χ3v) is 4.50. The van der Waals surface area contributed by atoms with Gasteiger partial charge in [-0.3, -0.25) is 4.79 Å². The lowest BCUT2D eigenvalue weighted by Gasteiger charge is -2.23. The predicted octanol–water partition coefficient (Wildman–Crippen LogP) is 2.84. The van der Waals surface area contributed by atoms with Gasteiger partial charge in [0.15, 0.2) is 5.65 Å². The van der Waals surface area contributed by atoms with Crippen molar-refractivity contribution in [1.29, 1.82) is 0 Å². The number of halogens is 1. The zero-order valence-electron chi connectivity index (χ0n) is 18.3. The highest BCUT2D eigenvalue weighted by molar-refractivity contribution is 5.99. The van der Waals surface area contributed by atoms with Crippen LogP contribution in [0.25, 0.3) is 5.65 Å². The van der Waals surface area contributed by atoms with E-state index in [2.05, 4.69) is 31.0 Å². The molecule has 166 valence electrons. The maximum atomic E-state index is 14.0. The topological polar surface area (TPSA) is 116 Å². The molecule has 4 N–H and O–H groups in total. The van der Waals surface area contributed by atoms with Crippen molar-refractivity contribution >= 4 is 28.9 Å². The second-order valence-electron chi connectivity index (χ2n) is 8.27. The molecule has 0 spiro atoms. The van der Waals surface area contributed by atoms with Crippen molar-refractivity contribution in [3.63, 3.8) is 0 Å². The maximum Gasteiger partial charge on any atom is 0.255 e. The minimum atomic E-state index is -1.60. The van der Waals surface area contributed by atoms with Crippen LogP contribution in [0.3, 0.4) is 0 Å². The Kier molecular flexibility index (Phi) is 6.40. The highest BCUT2D eigenvalue weighted by atomic mass is 19.1. The third kappa shape index (κ3) is 5.66. The van der Waals surface area contributed by atoms with E-state index in [1.165, 1.54) is 20.0 Å². The van der Waals surface area contributed by atoms with Gasteiger partial charge in [0.1, 0.15) is 17.8 Å². The molecule has 0 aliphatic rings. The monoisotopic (exact) mass is 429 g/mol. The molecule has 1 atom stereocenters. The van der Waals surface area contributed by atoms with Crippen molar-refractivity contribution < 1.29 is 14.3 Å². The van der Waals surface area contributed by atoms with Gasteiger partial charge in [0.25, 0.3) is 5.91 Å². The summed E-state index contributed by atoms with van der Waals surface area (Å²) in [7, 11) is 0. The van der Waals surface area contributed by atoms with Gasteiger partial charge >= 0.3 is 0 Å². The number of fused-ring (bicyclic) bond motifs is 1. The molecule has 0 aliphatic heterocycles. The predicted molar refractivity (Wildman–Crippen MR) is 118 cm³/mol. The van der Waals surface area contributed by atoms with Gasteiger partial charge in [0.2, 0.25) is 0 Å². The molecule has 3 aromatic heterocycles. The van der Waals surface area contributed by atoms with Crippen LogP contribution in [-0.2, 0) is 0 Å². The van der Waals surface area contributed by atoms with Gasteiger partial charge in [-0.25, -0.2) is 18.9 Å². The van der Waals surface area contributed by atoms with Gasteiger partial charge in [-0.1, -0.05) is 0 Å². The molecule has 0 aromatic carbocycles. The van der Waals surface area contributed by atoms with Gasteiger partial charge in [0.05, 0.1) is 29.1 Å². The van der Waals surface area contributed by atoms with Crippen LogP contribution in [0.5, 0.6) is 0 Å². The van der Waals surface area contributed by atoms with E-state index in [0.717, 1.165) is 5.69 Å². The Balaban J connectivity index is 1.80. The van der Waals surface area contributed by atoms with E-state index < -0.39 is 17.7 Å². The van der Waals surface area contributed by atoms with Crippen LogP contribution < -0.4 is 16.0 Å². The van der Waals surface area contributed by atoms with Gasteiger partial charge in [-0.15, -0.1) is 0 Å². The standard InChI is InChI=1S/C21H28FN7O2/c1-12(2)25-15-9-18(26-17-6-7-29-19(27-17)8-13(3)28-29)23-10-14(15)20(30)24-11-16(22)21(4,5)31/h6-10,12,16,31H,11H2,1-5H3,(H,24,30)(H2,23,25,26,27). The zero-order chi connectivity index (χ0) is 22.8. The van der Waals surface area contributed by atoms with Crippen LogP contribution in [-0.4, -0.2) is 55.0 Å². The molecule has 0 fully saturated rings. The lowest BCUT2D eigenvalue weighted by atomic mass is 10.0. The minimum absolute atomic E-state index is 0.0522. The molecule has 0 saturated carbocycles. The molecule has 0 radical (unpaired) electrons. The van der Waals surface area contributed by atoms with Crippen LogP contribution in [0, 0.1) is 6.92 Å². The third-order valence-electron chi connectivity index (χ3n) is 4.50. The van der Waals surface area contributed by atoms with Crippen molar-refractivity contribution in [2.45, 2.75) is 52.4 Å². The second kappa shape index (κ2) is 8.84. The van der Waals surface area contributed by atoms with Crippen molar-refractivity contribution in [3.8, 4) is 0 Å². The van der Waals surface area contributed by atoms with Crippen molar-refractivity contribution in [2.24, 2.45) is 0 Å². The summed E-state index contributed by atoms with van der Waals surface area (Å²) in [5.41, 5.74) is 0.843. The Morgan fingerprint density at radius 2 is 2.03 bits per heavy atom. The molecule has 1 unspecified atom stereocenters. The number of aryl methyl sites for hydroxylation is 1. The average Bonchev–Trinajstić information content (AvgIpc) is 3.04. The van der Waals surface area contributed by atoms with Crippen molar-refractivity contribution in [3.05, 3.63) is 41.9 Å². The smallest absolute Gasteiger partial charge is 0.255 e. The van der Waals surface area contributed by atoms with Crippen LogP contribution in [0.1, 0.15) is 43.7 Å². The first-order chi connectivity index (χ1) is 14.5. The largest absolute Gasteiger partial charge is 0.387 e. The quantitative estimate of drug-likeness (QED) is 0.435. The van der Waals surface area contributed by atoms with E-state index in [4.69, 9.17) is 0 Å². The fourth-order valence-electron chi connectivity index (χ4n) is 2.86. The Labute approximate surface area is 180 Å². The first kappa shape index (κ1) is 22.4. The number of anilines is 3. The molecule has 3 heterocycles. The van der Waals surface area contributed by atoms with E-state index in [9.17, 15) is 14.3 Å². The molecular weight excluding hydrogens is 401 g/mol. The van der Waals surface area contributed by atoms with Crippen LogP contribution >= 0.6 is 0 Å². The summed E-state index contributed by atoms with van der Waals surface area (Å²) in [6, 6.07) is 5.39. The summed E-state index contributed by atoms with van der Waals surface area (Å²) in [6.07, 6.45) is 1.62. The van der Waals surface area contributed by atoms with E-state index in [1.807, 2.05) is 26.8 Å². The first-order valence-electron chi connectivity index (χ1n) is 10.0. The summed E-state index contributed by atoms with van der Waals surface area (Å²) in [5, 5.41) is 22.9. The van der Waals surface area contributed by atoms with E-state index >= 15 is 0 Å². The van der Waals surface area contributed by atoms with Crippen molar-refractivity contribution in [2.75, 3.05) is 17.2 Å². The Bertz CT molecular complexity index is 1080. The van der Waals surface area contributed by atoms with Gasteiger partial charge < -0.3 is 21.1 Å². The number of carbonyl (C=O) groups is 1. The molecule has 3 rings (SSSR count). The van der Waals surface area contributed by atoms with Gasteiger partial charge in [0, 0.05) is 30.6 Å². The summed E-state index contributed by atoms with van der Waals surface area (Å²) in [4.78, 5) is 21.4. The minimum Gasteiger partial charge on any atom is -0.387 e. The number of nitrogens with one attached hydrogen (secondary N) is 3. The van der Waals surface area contributed by atoms with Crippen LogP contribution in [0.2, 0.25) is 0 Å². The number of pyridine rings is 1. The zero-order valence-corrected chi connectivity index (χ0v) is 18.3. The second-order valence-corrected chi connectivity index (χ2v) is 8.27. The van der Waals surface area contributed by atoms with Crippen LogP contribution in [0.4, 0.5) is 21.7 Å². The highest BCUT2D eigenvalue weighted by Gasteiger charge is 2.27. The summed E-state index contributed by atoms with van der Waals surface area (Å²) >= 11 is 0. The molecule has 3 aromatic rings. The molecule has 9 nitrogen and oxygen atoms in total. The molecule has 1 amide bonds. The Morgan fingerprint density at radius 1 is 1.29 bits per heavy atom. The number of nitrogens with zero attached hydrogens (tertiary/aromatic N) is 4. The lowest BCUT2D eigenvalue weighted by Crippen LogP contribution is -2.42. The van der Waals surface area contributed by atoms with E-state index in [-0.39, 0.29) is 18.2 Å². The van der Waals surface area contributed by atoms with E-state index in [1.54, 1.807) is 22.8 Å². The fourth-order valence-corrected chi connectivity index (χ4v) is 2.86. The lowest BCUT2D eigenvalue weighted by molar-refractivity contribution is -0.00177. The Hall–Kier alpha value is -3.27. The number of carbonyl (C=O) groups excluding carboxylic acids is 1. The fraction of sp³-hybridized carbons (Fsp3) is 0.429. The molecule has 0 aliphatic carbocycles. The number of aliphatic hydroxyl groups is 1. The van der Waals surface area contributed by atoms with Gasteiger partial charge in [-0.2, -0.15) is 5.10 Å². The maximum absolute atomic E-state index is 14.0. The van der Waals surface area contributed by atoms with E-state index in [0.29, 0.717) is 23.0 Å². The Morgan fingerprint density at radius 3 is 2.71 bits per heavy atom. The molecule has 31 heavy (non-hydrogen) atoms. The number of rotatable bonds is 8. The highest BCUT2D eigenvalue weighted by Crippen LogP contribution is 2.22.